The van der Waals surface area contributed by atoms with E-state index in [1.807, 2.05) is 12.1 Å². The Morgan fingerprint density at radius 1 is 1.32 bits per heavy atom. The predicted molar refractivity (Wildman–Crippen MR) is 113 cm³/mol. The number of rotatable bonds is 8. The van der Waals surface area contributed by atoms with Crippen LogP contribution >= 0.6 is 24.0 Å². The molecule has 0 amide bonds. The minimum absolute atomic E-state index is 0. The van der Waals surface area contributed by atoms with Gasteiger partial charge in [-0.05, 0) is 32.4 Å². The number of halogens is 1. The molecule has 2 unspecified atom stereocenters. The average molecular weight is 464 g/mol. The smallest absolute Gasteiger partial charge is 0.191 e. The molecule has 0 spiro atoms. The fourth-order valence-corrected chi connectivity index (χ4v) is 2.60. The Kier molecular flexibility index (Phi) is 11.2. The van der Waals surface area contributed by atoms with E-state index in [1.165, 1.54) is 0 Å². The van der Waals surface area contributed by atoms with Crippen LogP contribution in [-0.4, -0.2) is 62.3 Å². The second-order valence-electron chi connectivity index (χ2n) is 6.40. The zero-order chi connectivity index (χ0) is 17.2. The molecule has 0 aromatic carbocycles. The lowest BCUT2D eigenvalue weighted by Gasteiger charge is -2.31. The van der Waals surface area contributed by atoms with E-state index in [0.29, 0.717) is 12.1 Å². The fraction of sp³-hybridized carbons (Fsp3) is 0.722. The Morgan fingerprint density at radius 3 is 2.72 bits per heavy atom. The molecular formula is C18H33IN4O2. The number of nitrogens with one attached hydrogen (secondary N) is 2. The van der Waals surface area contributed by atoms with E-state index in [1.54, 1.807) is 6.26 Å². The average Bonchev–Trinajstić information content (AvgIpc) is 3.13. The summed E-state index contributed by atoms with van der Waals surface area (Å²) in [6.45, 7) is 11.8. The number of furan rings is 1. The van der Waals surface area contributed by atoms with Crippen molar-refractivity contribution < 1.29 is 9.15 Å². The van der Waals surface area contributed by atoms with E-state index < -0.39 is 0 Å². The molecule has 6 nitrogen and oxygen atoms in total. The minimum atomic E-state index is 0. The standard InChI is InChI=1S/C18H32N4O2.HI/c1-4-15(2)21-18(19-8-7-17-6-5-11-24-17)20-14-16(3)22-9-12-23-13-10-22;/h5-6,11,15-16H,4,7-10,12-14H2,1-3H3,(H2,19,20,21);1H. The molecule has 2 N–H and O–H groups in total. The summed E-state index contributed by atoms with van der Waals surface area (Å²) in [6.07, 6.45) is 3.64. The van der Waals surface area contributed by atoms with E-state index in [-0.39, 0.29) is 24.0 Å². The van der Waals surface area contributed by atoms with Gasteiger partial charge in [0.05, 0.1) is 26.0 Å². The first-order chi connectivity index (χ1) is 11.7. The summed E-state index contributed by atoms with van der Waals surface area (Å²) in [5.74, 6) is 1.88. The van der Waals surface area contributed by atoms with Crippen molar-refractivity contribution in [3.63, 3.8) is 0 Å². The van der Waals surface area contributed by atoms with Crippen molar-refractivity contribution in [3.05, 3.63) is 24.2 Å². The van der Waals surface area contributed by atoms with E-state index in [9.17, 15) is 0 Å². The van der Waals surface area contributed by atoms with Crippen LogP contribution in [0.1, 0.15) is 33.0 Å². The van der Waals surface area contributed by atoms with Crippen LogP contribution in [0.15, 0.2) is 27.8 Å². The number of morpholine rings is 1. The third-order valence-corrected chi connectivity index (χ3v) is 4.42. The molecule has 1 saturated heterocycles. The molecule has 1 fully saturated rings. The molecule has 1 aliphatic rings. The van der Waals surface area contributed by atoms with E-state index >= 15 is 0 Å². The van der Waals surface area contributed by atoms with Crippen molar-refractivity contribution in [2.75, 3.05) is 39.4 Å². The van der Waals surface area contributed by atoms with E-state index in [0.717, 1.165) is 64.0 Å². The Morgan fingerprint density at radius 2 is 2.08 bits per heavy atom. The molecule has 0 saturated carbocycles. The van der Waals surface area contributed by atoms with Gasteiger partial charge in [-0.2, -0.15) is 0 Å². The summed E-state index contributed by atoms with van der Waals surface area (Å²) in [5, 5.41) is 6.89. The number of guanidine groups is 1. The number of hydrogen-bond acceptors (Lipinski definition) is 4. The fourth-order valence-electron chi connectivity index (χ4n) is 2.60. The van der Waals surface area contributed by atoms with Gasteiger partial charge in [0.25, 0.3) is 0 Å². The topological polar surface area (TPSA) is 62.0 Å². The monoisotopic (exact) mass is 464 g/mol. The van der Waals surface area contributed by atoms with Gasteiger partial charge in [0.15, 0.2) is 5.96 Å². The molecular weight excluding hydrogens is 431 g/mol. The maximum Gasteiger partial charge on any atom is 0.191 e. The Labute approximate surface area is 168 Å². The van der Waals surface area contributed by atoms with Crippen molar-refractivity contribution >= 4 is 29.9 Å². The molecule has 7 heteroatoms. The molecule has 0 aliphatic carbocycles. The zero-order valence-corrected chi connectivity index (χ0v) is 18.0. The second kappa shape index (κ2) is 12.5. The van der Waals surface area contributed by atoms with Crippen LogP contribution < -0.4 is 10.6 Å². The molecule has 1 aromatic rings. The summed E-state index contributed by atoms with van der Waals surface area (Å²) >= 11 is 0. The van der Waals surface area contributed by atoms with E-state index in [2.05, 4.69) is 36.3 Å². The minimum Gasteiger partial charge on any atom is -0.469 e. The number of ether oxygens (including phenoxy) is 1. The van der Waals surface area contributed by atoms with Gasteiger partial charge in [-0.3, -0.25) is 9.89 Å². The molecule has 1 aromatic heterocycles. The molecule has 0 bridgehead atoms. The number of aliphatic imine (C=N–C) groups is 1. The SMILES string of the molecule is CCC(C)NC(=NCC(C)N1CCOCC1)NCCc1ccco1.I. The Bertz CT molecular complexity index is 475. The highest BCUT2D eigenvalue weighted by Crippen LogP contribution is 2.04. The lowest BCUT2D eigenvalue weighted by molar-refractivity contribution is 0.0220. The quantitative estimate of drug-likeness (QED) is 0.352. The highest BCUT2D eigenvalue weighted by Gasteiger charge is 2.16. The molecule has 1 aliphatic heterocycles. The predicted octanol–water partition coefficient (Wildman–Crippen LogP) is 2.49. The molecule has 2 rings (SSSR count). The lowest BCUT2D eigenvalue weighted by atomic mass is 10.2. The largest absolute Gasteiger partial charge is 0.469 e. The maximum absolute atomic E-state index is 5.42. The Balaban J connectivity index is 0.00000312. The molecule has 2 atom stereocenters. The van der Waals surface area contributed by atoms with Gasteiger partial charge in [0.2, 0.25) is 0 Å². The van der Waals surface area contributed by atoms with Gasteiger partial charge in [-0.1, -0.05) is 6.92 Å². The molecule has 0 radical (unpaired) electrons. The van der Waals surface area contributed by atoms with Gasteiger partial charge in [-0.25, -0.2) is 0 Å². The summed E-state index contributed by atoms with van der Waals surface area (Å²) in [4.78, 5) is 7.23. The first-order valence-electron chi connectivity index (χ1n) is 9.08. The maximum atomic E-state index is 5.42. The number of nitrogens with zero attached hydrogens (tertiary/aromatic N) is 2. The summed E-state index contributed by atoms with van der Waals surface area (Å²) in [5.41, 5.74) is 0. The summed E-state index contributed by atoms with van der Waals surface area (Å²) in [7, 11) is 0. The third-order valence-electron chi connectivity index (χ3n) is 4.42. The summed E-state index contributed by atoms with van der Waals surface area (Å²) < 4.78 is 10.8. The third kappa shape index (κ3) is 8.42. The highest BCUT2D eigenvalue weighted by molar-refractivity contribution is 14.0. The van der Waals surface area contributed by atoms with Crippen LogP contribution in [0, 0.1) is 0 Å². The van der Waals surface area contributed by atoms with Crippen LogP contribution in [-0.2, 0) is 11.2 Å². The van der Waals surface area contributed by atoms with Gasteiger partial charge in [0, 0.05) is 38.1 Å². The van der Waals surface area contributed by atoms with Gasteiger partial charge in [-0.15, -0.1) is 24.0 Å². The van der Waals surface area contributed by atoms with E-state index in [4.69, 9.17) is 14.1 Å². The Hall–Kier alpha value is -0.800. The zero-order valence-electron chi connectivity index (χ0n) is 15.7. The van der Waals surface area contributed by atoms with Crippen molar-refractivity contribution in [2.45, 2.75) is 45.7 Å². The molecule has 2 heterocycles. The first-order valence-corrected chi connectivity index (χ1v) is 9.08. The van der Waals surface area contributed by atoms with Crippen molar-refractivity contribution in [1.82, 2.24) is 15.5 Å². The van der Waals surface area contributed by atoms with Crippen LogP contribution in [0.2, 0.25) is 0 Å². The van der Waals surface area contributed by atoms with Crippen LogP contribution in [0.4, 0.5) is 0 Å². The normalized spacial score (nSPS) is 18.3. The van der Waals surface area contributed by atoms with Gasteiger partial charge < -0.3 is 19.8 Å². The van der Waals surface area contributed by atoms with Gasteiger partial charge >= 0.3 is 0 Å². The van der Waals surface area contributed by atoms with Crippen LogP contribution in [0.25, 0.3) is 0 Å². The second-order valence-corrected chi connectivity index (χ2v) is 6.40. The van der Waals surface area contributed by atoms with Crippen molar-refractivity contribution in [2.24, 2.45) is 4.99 Å². The van der Waals surface area contributed by atoms with Crippen LogP contribution in [0.3, 0.4) is 0 Å². The highest BCUT2D eigenvalue weighted by atomic mass is 127. The molecule has 144 valence electrons. The van der Waals surface area contributed by atoms with Crippen LogP contribution in [0.5, 0.6) is 0 Å². The van der Waals surface area contributed by atoms with Crippen molar-refractivity contribution in [1.29, 1.82) is 0 Å². The first kappa shape index (κ1) is 22.2. The number of hydrogen-bond donors (Lipinski definition) is 2. The summed E-state index contributed by atoms with van der Waals surface area (Å²) in [6, 6.07) is 4.75. The van der Waals surface area contributed by atoms with Gasteiger partial charge in [0.1, 0.15) is 5.76 Å². The molecule has 25 heavy (non-hydrogen) atoms. The van der Waals surface area contributed by atoms with Crippen molar-refractivity contribution in [3.8, 4) is 0 Å². The lowest BCUT2D eigenvalue weighted by Crippen LogP contribution is -2.46.